The fourth-order valence-electron chi connectivity index (χ4n) is 1.86. The maximum absolute atomic E-state index is 5.80. The van der Waals surface area contributed by atoms with Crippen LogP contribution in [-0.2, 0) is 11.2 Å². The minimum atomic E-state index is -0.278. The van der Waals surface area contributed by atoms with Crippen LogP contribution in [0, 0.1) is 0 Å². The molecule has 0 radical (unpaired) electrons. The van der Waals surface area contributed by atoms with Crippen LogP contribution in [-0.4, -0.2) is 17.1 Å². The first kappa shape index (κ1) is 12.5. The molecule has 0 spiro atoms. The molecule has 0 saturated heterocycles. The number of aryl methyl sites for hydroxylation is 1. The van der Waals surface area contributed by atoms with Crippen molar-refractivity contribution < 1.29 is 4.74 Å². The zero-order valence-corrected chi connectivity index (χ0v) is 10.6. The van der Waals surface area contributed by atoms with Crippen molar-refractivity contribution in [2.75, 3.05) is 12.8 Å². The predicted octanol–water partition coefficient (Wildman–Crippen LogP) is 2.36. The molecule has 0 fully saturated rings. The number of ether oxygens (including phenoxy) is 1. The number of hydrogen-bond acceptors (Lipinski definition) is 4. The third-order valence-corrected chi connectivity index (χ3v) is 2.75. The van der Waals surface area contributed by atoms with E-state index >= 15 is 0 Å². The van der Waals surface area contributed by atoms with Gasteiger partial charge in [0.25, 0.3) is 0 Å². The highest BCUT2D eigenvalue weighted by molar-refractivity contribution is 5.32. The van der Waals surface area contributed by atoms with Crippen LogP contribution < -0.4 is 5.73 Å². The lowest BCUT2D eigenvalue weighted by molar-refractivity contribution is 0.129. The summed E-state index contributed by atoms with van der Waals surface area (Å²) in [6, 6.07) is 11.7. The number of nitrogens with zero attached hydrogens (tertiary/aromatic N) is 2. The molecular weight excluding hydrogens is 226 g/mol. The molecule has 0 aliphatic heterocycles. The molecule has 1 aromatic heterocycles. The van der Waals surface area contributed by atoms with Crippen molar-refractivity contribution in [3.8, 4) is 0 Å². The van der Waals surface area contributed by atoms with E-state index in [2.05, 4.69) is 9.97 Å². The van der Waals surface area contributed by atoms with Crippen molar-refractivity contribution in [2.24, 2.45) is 0 Å². The Bertz CT molecular complexity index is 514. The highest BCUT2D eigenvalue weighted by Gasteiger charge is 2.17. The second-order valence-electron chi connectivity index (χ2n) is 4.02. The van der Waals surface area contributed by atoms with Crippen LogP contribution in [0.4, 0.5) is 5.82 Å². The first-order valence-corrected chi connectivity index (χ1v) is 5.95. The fraction of sp³-hybridized carbons (Fsp3) is 0.286. The lowest BCUT2D eigenvalue weighted by atomic mass is 10.1. The molecule has 0 aliphatic rings. The van der Waals surface area contributed by atoms with Crippen LogP contribution in [0.2, 0.25) is 0 Å². The van der Waals surface area contributed by atoms with Crippen LogP contribution in [0.15, 0.2) is 36.4 Å². The SMILES string of the molecule is CCc1cc(N)nc(C(OC)c2ccccc2)n1. The maximum Gasteiger partial charge on any atom is 0.164 e. The number of anilines is 1. The molecule has 2 N–H and O–H groups in total. The average molecular weight is 243 g/mol. The normalized spacial score (nSPS) is 12.3. The monoisotopic (exact) mass is 243 g/mol. The van der Waals surface area contributed by atoms with E-state index in [-0.39, 0.29) is 6.10 Å². The van der Waals surface area contributed by atoms with Crippen molar-refractivity contribution in [3.05, 3.63) is 53.5 Å². The quantitative estimate of drug-likeness (QED) is 0.895. The number of methoxy groups -OCH3 is 1. The molecule has 2 rings (SSSR count). The van der Waals surface area contributed by atoms with Gasteiger partial charge in [0.2, 0.25) is 0 Å². The van der Waals surface area contributed by atoms with E-state index in [0.29, 0.717) is 11.6 Å². The summed E-state index contributed by atoms with van der Waals surface area (Å²) in [6.45, 7) is 2.04. The van der Waals surface area contributed by atoms with E-state index in [4.69, 9.17) is 10.5 Å². The van der Waals surface area contributed by atoms with Crippen molar-refractivity contribution in [3.63, 3.8) is 0 Å². The van der Waals surface area contributed by atoms with Gasteiger partial charge in [-0.05, 0) is 12.0 Å². The molecule has 1 heterocycles. The maximum atomic E-state index is 5.80. The van der Waals surface area contributed by atoms with Gasteiger partial charge in [-0.15, -0.1) is 0 Å². The van der Waals surface area contributed by atoms with Gasteiger partial charge in [0, 0.05) is 18.9 Å². The Morgan fingerprint density at radius 2 is 1.94 bits per heavy atom. The standard InChI is InChI=1S/C14H17N3O/c1-3-11-9-12(15)17-14(16-11)13(18-2)10-7-5-4-6-8-10/h4-9,13H,3H2,1-2H3,(H2,15,16,17). The highest BCUT2D eigenvalue weighted by Crippen LogP contribution is 2.23. The van der Waals surface area contributed by atoms with Gasteiger partial charge >= 0.3 is 0 Å². The van der Waals surface area contributed by atoms with Crippen molar-refractivity contribution in [2.45, 2.75) is 19.4 Å². The van der Waals surface area contributed by atoms with Gasteiger partial charge in [0.15, 0.2) is 5.82 Å². The Morgan fingerprint density at radius 3 is 2.56 bits per heavy atom. The molecule has 1 atom stereocenters. The molecule has 4 nitrogen and oxygen atoms in total. The van der Waals surface area contributed by atoms with Crippen molar-refractivity contribution in [1.82, 2.24) is 9.97 Å². The number of hydrogen-bond donors (Lipinski definition) is 1. The topological polar surface area (TPSA) is 61.0 Å². The number of benzene rings is 1. The molecular formula is C14H17N3O. The smallest absolute Gasteiger partial charge is 0.164 e. The van der Waals surface area contributed by atoms with E-state index in [1.165, 1.54) is 0 Å². The molecule has 18 heavy (non-hydrogen) atoms. The first-order chi connectivity index (χ1) is 8.74. The second-order valence-corrected chi connectivity index (χ2v) is 4.02. The minimum absolute atomic E-state index is 0.278. The second kappa shape index (κ2) is 5.60. The molecule has 1 unspecified atom stereocenters. The van der Waals surface area contributed by atoms with E-state index in [1.54, 1.807) is 13.2 Å². The Hall–Kier alpha value is -1.94. The highest BCUT2D eigenvalue weighted by atomic mass is 16.5. The summed E-state index contributed by atoms with van der Waals surface area (Å²) in [6.07, 6.45) is 0.547. The van der Waals surface area contributed by atoms with Gasteiger partial charge in [-0.25, -0.2) is 9.97 Å². The third kappa shape index (κ3) is 2.65. The third-order valence-electron chi connectivity index (χ3n) is 2.75. The van der Waals surface area contributed by atoms with Crippen LogP contribution in [0.1, 0.15) is 30.1 Å². The summed E-state index contributed by atoms with van der Waals surface area (Å²) >= 11 is 0. The fourth-order valence-corrected chi connectivity index (χ4v) is 1.86. The number of rotatable bonds is 4. The van der Waals surface area contributed by atoms with Crippen LogP contribution in [0.25, 0.3) is 0 Å². The Kier molecular flexibility index (Phi) is 3.89. The van der Waals surface area contributed by atoms with Crippen LogP contribution in [0.5, 0.6) is 0 Å². The van der Waals surface area contributed by atoms with E-state index < -0.39 is 0 Å². The first-order valence-electron chi connectivity index (χ1n) is 5.95. The van der Waals surface area contributed by atoms with Gasteiger partial charge in [0.1, 0.15) is 11.9 Å². The summed E-state index contributed by atoms with van der Waals surface area (Å²) in [4.78, 5) is 8.75. The summed E-state index contributed by atoms with van der Waals surface area (Å²) < 4.78 is 5.50. The van der Waals surface area contributed by atoms with Gasteiger partial charge in [-0.2, -0.15) is 0 Å². The largest absolute Gasteiger partial charge is 0.384 e. The Labute approximate surface area is 107 Å². The number of aromatic nitrogens is 2. The number of nitrogen functional groups attached to an aromatic ring is 1. The van der Waals surface area contributed by atoms with Crippen molar-refractivity contribution >= 4 is 5.82 Å². The van der Waals surface area contributed by atoms with Gasteiger partial charge in [-0.1, -0.05) is 37.3 Å². The molecule has 0 bridgehead atoms. The van der Waals surface area contributed by atoms with Crippen molar-refractivity contribution in [1.29, 1.82) is 0 Å². The van der Waals surface area contributed by atoms with E-state index in [9.17, 15) is 0 Å². The molecule has 4 heteroatoms. The lowest BCUT2D eigenvalue weighted by Gasteiger charge is -2.15. The molecule has 1 aromatic carbocycles. The van der Waals surface area contributed by atoms with Gasteiger partial charge < -0.3 is 10.5 Å². The van der Waals surface area contributed by atoms with E-state index in [1.807, 2.05) is 37.3 Å². The van der Waals surface area contributed by atoms with Crippen LogP contribution >= 0.6 is 0 Å². The predicted molar refractivity (Wildman–Crippen MR) is 71.1 cm³/mol. The number of nitrogens with two attached hydrogens (primary N) is 1. The molecule has 94 valence electrons. The van der Waals surface area contributed by atoms with Crippen LogP contribution in [0.3, 0.4) is 0 Å². The minimum Gasteiger partial charge on any atom is -0.384 e. The summed E-state index contributed by atoms with van der Waals surface area (Å²) in [5, 5.41) is 0. The zero-order valence-electron chi connectivity index (χ0n) is 10.6. The van der Waals surface area contributed by atoms with E-state index in [0.717, 1.165) is 17.7 Å². The van der Waals surface area contributed by atoms with Gasteiger partial charge in [0.05, 0.1) is 0 Å². The summed E-state index contributed by atoms with van der Waals surface area (Å²) in [5.74, 6) is 1.09. The summed E-state index contributed by atoms with van der Waals surface area (Å²) in [7, 11) is 1.65. The molecule has 0 amide bonds. The zero-order chi connectivity index (χ0) is 13.0. The molecule has 0 saturated carbocycles. The summed E-state index contributed by atoms with van der Waals surface area (Å²) in [5.41, 5.74) is 7.75. The molecule has 0 aliphatic carbocycles. The Morgan fingerprint density at radius 1 is 1.22 bits per heavy atom. The molecule has 2 aromatic rings. The average Bonchev–Trinajstić information content (AvgIpc) is 2.40. The van der Waals surface area contributed by atoms with Gasteiger partial charge in [-0.3, -0.25) is 0 Å². The lowest BCUT2D eigenvalue weighted by Crippen LogP contribution is -2.11. The Balaban J connectivity index is 2.42.